The van der Waals surface area contributed by atoms with Crippen LogP contribution in [0, 0.1) is 5.92 Å². The van der Waals surface area contributed by atoms with Crippen LogP contribution in [0.25, 0.3) is 10.9 Å². The van der Waals surface area contributed by atoms with E-state index in [2.05, 4.69) is 15.2 Å². The number of hydrogen-bond donors (Lipinski definition) is 2. The zero-order valence-corrected chi connectivity index (χ0v) is 19.8. The molecular formula is C25H28Cl2FN3O2. The minimum absolute atomic E-state index is 0.212. The molecule has 4 rings (SSSR count). The Morgan fingerprint density at radius 1 is 1.18 bits per heavy atom. The maximum absolute atomic E-state index is 13.1. The van der Waals surface area contributed by atoms with Gasteiger partial charge in [-0.25, -0.2) is 4.39 Å². The fourth-order valence-electron chi connectivity index (χ4n) is 4.29. The van der Waals surface area contributed by atoms with E-state index in [9.17, 15) is 9.18 Å². The highest BCUT2D eigenvalue weighted by Crippen LogP contribution is 2.26. The Hall–Kier alpha value is -2.12. The van der Waals surface area contributed by atoms with E-state index >= 15 is 0 Å². The van der Waals surface area contributed by atoms with Gasteiger partial charge in [0.05, 0.1) is 17.7 Å². The number of aromatic amines is 1. The van der Waals surface area contributed by atoms with Crippen LogP contribution < -0.4 is 5.32 Å². The number of carbonyl (C=O) groups is 1. The number of amides is 1. The Labute approximate surface area is 203 Å². The van der Waals surface area contributed by atoms with Gasteiger partial charge in [-0.1, -0.05) is 47.5 Å². The zero-order chi connectivity index (χ0) is 23.2. The number of alkyl halides is 1. The van der Waals surface area contributed by atoms with E-state index in [4.69, 9.17) is 27.9 Å². The van der Waals surface area contributed by atoms with Crippen molar-refractivity contribution in [2.45, 2.75) is 18.9 Å². The van der Waals surface area contributed by atoms with E-state index in [1.807, 2.05) is 30.3 Å². The average molecular weight is 492 g/mol. The van der Waals surface area contributed by atoms with E-state index in [0.717, 1.165) is 42.4 Å². The van der Waals surface area contributed by atoms with Crippen molar-refractivity contribution in [2.24, 2.45) is 5.92 Å². The summed E-state index contributed by atoms with van der Waals surface area (Å²) < 4.78 is 18.6. The van der Waals surface area contributed by atoms with E-state index in [1.165, 1.54) is 0 Å². The average Bonchev–Trinajstić information content (AvgIpc) is 3.20. The number of ether oxygens (including phenoxy) is 1. The quantitative estimate of drug-likeness (QED) is 0.406. The second-order valence-corrected chi connectivity index (χ2v) is 9.27. The summed E-state index contributed by atoms with van der Waals surface area (Å²) in [6.45, 7) is 2.92. The van der Waals surface area contributed by atoms with Gasteiger partial charge in [-0.3, -0.25) is 4.79 Å². The fraction of sp³-hybridized carbons (Fsp3) is 0.400. The van der Waals surface area contributed by atoms with Gasteiger partial charge in [-0.2, -0.15) is 0 Å². The molecule has 0 bridgehead atoms. The highest BCUT2D eigenvalue weighted by atomic mass is 35.5. The van der Waals surface area contributed by atoms with Crippen LogP contribution in [-0.4, -0.2) is 55.3 Å². The van der Waals surface area contributed by atoms with Gasteiger partial charge < -0.3 is 19.9 Å². The molecule has 8 heteroatoms. The predicted octanol–water partition coefficient (Wildman–Crippen LogP) is 5.64. The SMILES string of the molecule is O=C(NC(COCC1CCN(CCF)CC1)c1ccccc1Cl)c1ccc2c(Cl)c[nH]c2c1. The third-order valence-corrected chi connectivity index (χ3v) is 6.88. The largest absolute Gasteiger partial charge is 0.379 e. The zero-order valence-electron chi connectivity index (χ0n) is 18.3. The first-order valence-electron chi connectivity index (χ1n) is 11.2. The van der Waals surface area contributed by atoms with Crippen LogP contribution in [0.4, 0.5) is 4.39 Å². The van der Waals surface area contributed by atoms with Gasteiger partial charge in [-0.15, -0.1) is 0 Å². The number of hydrogen-bond acceptors (Lipinski definition) is 3. The molecule has 1 unspecified atom stereocenters. The van der Waals surface area contributed by atoms with E-state index in [0.29, 0.717) is 41.3 Å². The van der Waals surface area contributed by atoms with Crippen molar-refractivity contribution < 1.29 is 13.9 Å². The van der Waals surface area contributed by atoms with E-state index < -0.39 is 0 Å². The molecule has 3 aromatic rings. The highest BCUT2D eigenvalue weighted by Gasteiger charge is 2.22. The number of rotatable bonds is 9. The molecule has 0 spiro atoms. The molecule has 1 amide bonds. The topological polar surface area (TPSA) is 57.4 Å². The smallest absolute Gasteiger partial charge is 0.251 e. The molecule has 2 N–H and O–H groups in total. The Bertz CT molecular complexity index is 1080. The lowest BCUT2D eigenvalue weighted by molar-refractivity contribution is 0.0515. The third kappa shape index (κ3) is 6.07. The number of piperidine rings is 1. The van der Waals surface area contributed by atoms with Crippen molar-refractivity contribution in [3.05, 3.63) is 69.8 Å². The summed E-state index contributed by atoms with van der Waals surface area (Å²) in [5.41, 5.74) is 2.14. The summed E-state index contributed by atoms with van der Waals surface area (Å²) in [6, 6.07) is 12.5. The second-order valence-electron chi connectivity index (χ2n) is 8.46. The molecule has 1 fully saturated rings. The summed E-state index contributed by atoms with van der Waals surface area (Å²) in [7, 11) is 0. The van der Waals surface area contributed by atoms with Crippen LogP contribution in [0.2, 0.25) is 10.0 Å². The number of fused-ring (bicyclic) bond motifs is 1. The molecule has 33 heavy (non-hydrogen) atoms. The third-order valence-electron chi connectivity index (χ3n) is 6.23. The monoisotopic (exact) mass is 491 g/mol. The van der Waals surface area contributed by atoms with Crippen LogP contribution in [0.5, 0.6) is 0 Å². The van der Waals surface area contributed by atoms with Crippen molar-refractivity contribution in [2.75, 3.05) is 39.5 Å². The second kappa shape index (κ2) is 11.3. The molecule has 1 atom stereocenters. The van der Waals surface area contributed by atoms with Crippen LogP contribution in [-0.2, 0) is 4.74 Å². The normalized spacial score (nSPS) is 16.2. The maximum atomic E-state index is 13.1. The number of carbonyl (C=O) groups excluding carboxylic acids is 1. The van der Waals surface area contributed by atoms with E-state index in [1.54, 1.807) is 18.3 Å². The molecule has 0 radical (unpaired) electrons. The van der Waals surface area contributed by atoms with Crippen molar-refractivity contribution in [1.82, 2.24) is 15.2 Å². The first kappa shape index (κ1) is 24.0. The summed E-state index contributed by atoms with van der Waals surface area (Å²) in [4.78, 5) is 18.3. The molecule has 1 saturated heterocycles. The summed E-state index contributed by atoms with van der Waals surface area (Å²) >= 11 is 12.6. The minimum atomic E-state index is -0.388. The summed E-state index contributed by atoms with van der Waals surface area (Å²) in [5.74, 6) is 0.221. The van der Waals surface area contributed by atoms with Crippen LogP contribution in [0.3, 0.4) is 0 Å². The molecular weight excluding hydrogens is 464 g/mol. The number of likely N-dealkylation sites (tertiary alicyclic amines) is 1. The van der Waals surface area contributed by atoms with Gasteiger partial charge >= 0.3 is 0 Å². The van der Waals surface area contributed by atoms with Gasteiger partial charge in [-0.05, 0) is 55.6 Å². The first-order valence-corrected chi connectivity index (χ1v) is 12.0. The van der Waals surface area contributed by atoms with Crippen LogP contribution in [0.1, 0.15) is 34.8 Å². The van der Waals surface area contributed by atoms with Crippen LogP contribution in [0.15, 0.2) is 48.7 Å². The maximum Gasteiger partial charge on any atom is 0.251 e. The lowest BCUT2D eigenvalue weighted by Gasteiger charge is -2.31. The van der Waals surface area contributed by atoms with Crippen molar-refractivity contribution in [3.63, 3.8) is 0 Å². The van der Waals surface area contributed by atoms with Crippen molar-refractivity contribution >= 4 is 40.0 Å². The Morgan fingerprint density at radius 2 is 1.97 bits per heavy atom. The molecule has 5 nitrogen and oxygen atoms in total. The van der Waals surface area contributed by atoms with Gasteiger partial charge in [0.15, 0.2) is 0 Å². The molecule has 176 valence electrons. The molecule has 1 aromatic heterocycles. The summed E-state index contributed by atoms with van der Waals surface area (Å²) in [5, 5.41) is 5.15. The molecule has 1 aliphatic rings. The van der Waals surface area contributed by atoms with Gasteiger partial charge in [0, 0.05) is 40.8 Å². The number of halogens is 3. The minimum Gasteiger partial charge on any atom is -0.379 e. The molecule has 1 aliphatic heterocycles. The van der Waals surface area contributed by atoms with Crippen LogP contribution >= 0.6 is 23.2 Å². The first-order chi connectivity index (χ1) is 16.0. The number of benzene rings is 2. The number of nitrogens with zero attached hydrogens (tertiary/aromatic N) is 1. The van der Waals surface area contributed by atoms with Gasteiger partial charge in [0.25, 0.3) is 5.91 Å². The fourth-order valence-corrected chi connectivity index (χ4v) is 4.78. The van der Waals surface area contributed by atoms with Gasteiger partial charge in [0.2, 0.25) is 0 Å². The van der Waals surface area contributed by atoms with Crippen molar-refractivity contribution in [3.8, 4) is 0 Å². The van der Waals surface area contributed by atoms with E-state index in [-0.39, 0.29) is 18.6 Å². The molecule has 2 heterocycles. The summed E-state index contributed by atoms with van der Waals surface area (Å²) in [6.07, 6.45) is 3.68. The lowest BCUT2D eigenvalue weighted by Crippen LogP contribution is -2.37. The number of aromatic nitrogens is 1. The lowest BCUT2D eigenvalue weighted by atomic mass is 9.98. The molecule has 0 saturated carbocycles. The standard InChI is InChI=1S/C25H28Cl2FN3O2/c26-21-4-2-1-3-19(21)24(16-33-15-17-7-10-31(11-8-17)12-9-28)30-25(32)18-5-6-20-22(27)14-29-23(20)13-18/h1-6,13-14,17,24,29H,7-12,15-16H2,(H,30,32). The van der Waals surface area contributed by atoms with Crippen molar-refractivity contribution in [1.29, 1.82) is 0 Å². The molecule has 2 aromatic carbocycles. The molecule has 0 aliphatic carbocycles. The predicted molar refractivity (Wildman–Crippen MR) is 131 cm³/mol. The highest BCUT2D eigenvalue weighted by molar-refractivity contribution is 6.35. The Morgan fingerprint density at radius 3 is 2.73 bits per heavy atom. The Balaban J connectivity index is 1.40. The number of H-pyrrole nitrogens is 1. The number of nitrogens with one attached hydrogen (secondary N) is 2. The Kier molecular flexibility index (Phi) is 8.25. The van der Waals surface area contributed by atoms with Gasteiger partial charge in [0.1, 0.15) is 6.67 Å².